The van der Waals surface area contributed by atoms with Crippen LogP contribution in [0.25, 0.3) is 0 Å². The highest BCUT2D eigenvalue weighted by molar-refractivity contribution is 9.10. The third-order valence-corrected chi connectivity index (χ3v) is 4.09. The van der Waals surface area contributed by atoms with E-state index in [1.54, 1.807) is 0 Å². The number of hydrogen-bond acceptors (Lipinski definition) is 2. The van der Waals surface area contributed by atoms with Gasteiger partial charge in [0.15, 0.2) is 0 Å². The Hall–Kier alpha value is -0.870. The molecule has 1 aromatic rings. The molecule has 2 atom stereocenters. The van der Waals surface area contributed by atoms with Crippen molar-refractivity contribution in [3.63, 3.8) is 0 Å². The number of carbonyl (C=O) groups is 1. The summed E-state index contributed by atoms with van der Waals surface area (Å²) >= 11 is 3.42. The lowest BCUT2D eigenvalue weighted by molar-refractivity contribution is -0.122. The van der Waals surface area contributed by atoms with Crippen LogP contribution in [0.5, 0.6) is 0 Å². The van der Waals surface area contributed by atoms with Crippen LogP contribution in [-0.4, -0.2) is 23.7 Å². The minimum atomic E-state index is 0.0268. The van der Waals surface area contributed by atoms with Crippen molar-refractivity contribution < 1.29 is 9.90 Å². The monoisotopic (exact) mass is 341 g/mol. The van der Waals surface area contributed by atoms with Gasteiger partial charge in [0.05, 0.1) is 0 Å². The van der Waals surface area contributed by atoms with E-state index in [1.165, 1.54) is 5.56 Å². The van der Waals surface area contributed by atoms with Crippen LogP contribution in [0.2, 0.25) is 0 Å². The summed E-state index contributed by atoms with van der Waals surface area (Å²) in [4.78, 5) is 11.7. The van der Waals surface area contributed by atoms with Gasteiger partial charge < -0.3 is 10.4 Å². The quantitative estimate of drug-likeness (QED) is 0.712. The van der Waals surface area contributed by atoms with Crippen LogP contribution in [0.4, 0.5) is 0 Å². The van der Waals surface area contributed by atoms with Gasteiger partial charge in [0.2, 0.25) is 5.91 Å². The molecule has 0 saturated carbocycles. The predicted octanol–water partition coefficient (Wildman–Crippen LogP) is 3.30. The Labute approximate surface area is 129 Å². The first-order chi connectivity index (χ1) is 9.52. The smallest absolute Gasteiger partial charge is 0.220 e. The van der Waals surface area contributed by atoms with Crippen LogP contribution in [0.1, 0.15) is 38.7 Å². The second-order valence-corrected chi connectivity index (χ2v) is 6.27. The van der Waals surface area contributed by atoms with E-state index < -0.39 is 0 Å². The van der Waals surface area contributed by atoms with Crippen LogP contribution in [0, 0.1) is 5.92 Å². The molecule has 0 bridgehead atoms. The molecule has 0 saturated heterocycles. The maximum Gasteiger partial charge on any atom is 0.220 e. The molecule has 0 spiro atoms. The molecule has 2 unspecified atom stereocenters. The lowest BCUT2D eigenvalue weighted by Crippen LogP contribution is -2.38. The van der Waals surface area contributed by atoms with E-state index in [4.69, 9.17) is 5.11 Å². The molecular weight excluding hydrogens is 318 g/mol. The number of aliphatic hydroxyl groups is 1. The number of unbranched alkanes of at least 4 members (excludes halogenated alkanes) is 1. The maximum absolute atomic E-state index is 11.7. The predicted molar refractivity (Wildman–Crippen MR) is 85.6 cm³/mol. The van der Waals surface area contributed by atoms with Crippen molar-refractivity contribution in [3.05, 3.63) is 34.3 Å². The fourth-order valence-electron chi connectivity index (χ4n) is 1.89. The zero-order chi connectivity index (χ0) is 15.0. The lowest BCUT2D eigenvalue weighted by Gasteiger charge is -2.19. The number of carbonyl (C=O) groups excluding carboxylic acids is 1. The van der Waals surface area contributed by atoms with E-state index in [1.807, 2.05) is 26.0 Å². The zero-order valence-corrected chi connectivity index (χ0v) is 13.8. The van der Waals surface area contributed by atoms with Crippen molar-refractivity contribution in [2.24, 2.45) is 5.92 Å². The topological polar surface area (TPSA) is 49.3 Å². The standard InChI is InChI=1S/C16H24BrNO2/c1-12(11-19)13(2)18-16(20)6-4-3-5-14-7-9-15(17)10-8-14/h7-10,12-13,19H,3-6,11H2,1-2H3,(H,18,20). The fourth-order valence-corrected chi connectivity index (χ4v) is 2.16. The normalized spacial score (nSPS) is 13.8. The molecule has 0 fully saturated rings. The first-order valence-electron chi connectivity index (χ1n) is 7.17. The average molecular weight is 342 g/mol. The van der Waals surface area contributed by atoms with Crippen molar-refractivity contribution in [3.8, 4) is 0 Å². The van der Waals surface area contributed by atoms with E-state index in [2.05, 4.69) is 33.4 Å². The Bertz CT molecular complexity index is 405. The van der Waals surface area contributed by atoms with Crippen LogP contribution < -0.4 is 5.32 Å². The van der Waals surface area contributed by atoms with Gasteiger partial charge in [-0.2, -0.15) is 0 Å². The number of rotatable bonds is 8. The number of aliphatic hydroxyl groups excluding tert-OH is 1. The van der Waals surface area contributed by atoms with Crippen LogP contribution in [0.3, 0.4) is 0 Å². The second-order valence-electron chi connectivity index (χ2n) is 5.35. The van der Waals surface area contributed by atoms with Gasteiger partial charge in [0.25, 0.3) is 0 Å². The molecule has 0 aliphatic carbocycles. The van der Waals surface area contributed by atoms with Crippen molar-refractivity contribution >= 4 is 21.8 Å². The van der Waals surface area contributed by atoms with Gasteiger partial charge in [-0.15, -0.1) is 0 Å². The van der Waals surface area contributed by atoms with Crippen molar-refractivity contribution in [1.82, 2.24) is 5.32 Å². The molecule has 0 radical (unpaired) electrons. The highest BCUT2D eigenvalue weighted by Gasteiger charge is 2.13. The highest BCUT2D eigenvalue weighted by Crippen LogP contribution is 2.13. The average Bonchev–Trinajstić information content (AvgIpc) is 2.44. The van der Waals surface area contributed by atoms with Crippen LogP contribution in [0.15, 0.2) is 28.7 Å². The third kappa shape index (κ3) is 6.53. The Kier molecular flexibility index (Phi) is 7.85. The molecule has 3 nitrogen and oxygen atoms in total. The molecular formula is C16H24BrNO2. The minimum Gasteiger partial charge on any atom is -0.396 e. The van der Waals surface area contributed by atoms with Crippen molar-refractivity contribution in [2.45, 2.75) is 45.6 Å². The first kappa shape index (κ1) is 17.2. The first-order valence-corrected chi connectivity index (χ1v) is 7.97. The molecule has 0 aliphatic heterocycles. The van der Waals surface area contributed by atoms with E-state index >= 15 is 0 Å². The molecule has 4 heteroatoms. The third-order valence-electron chi connectivity index (χ3n) is 3.56. The fraction of sp³-hybridized carbons (Fsp3) is 0.562. The SMILES string of the molecule is CC(CO)C(C)NC(=O)CCCCc1ccc(Br)cc1. The van der Waals surface area contributed by atoms with Gasteiger partial charge in [0.1, 0.15) is 0 Å². The number of nitrogens with one attached hydrogen (secondary N) is 1. The van der Waals surface area contributed by atoms with E-state index in [0.29, 0.717) is 6.42 Å². The summed E-state index contributed by atoms with van der Waals surface area (Å²) in [5, 5.41) is 12.0. The van der Waals surface area contributed by atoms with Gasteiger partial charge in [-0.05, 0) is 49.8 Å². The molecule has 1 amide bonds. The number of hydrogen-bond donors (Lipinski definition) is 2. The Morgan fingerprint density at radius 3 is 2.50 bits per heavy atom. The number of amides is 1. The lowest BCUT2D eigenvalue weighted by atomic mass is 10.0. The highest BCUT2D eigenvalue weighted by atomic mass is 79.9. The maximum atomic E-state index is 11.7. The molecule has 0 heterocycles. The van der Waals surface area contributed by atoms with Gasteiger partial charge in [0, 0.05) is 23.5 Å². The van der Waals surface area contributed by atoms with Crippen LogP contribution in [-0.2, 0) is 11.2 Å². The molecule has 112 valence electrons. The summed E-state index contributed by atoms with van der Waals surface area (Å²) in [6, 6.07) is 8.32. The molecule has 0 aliphatic rings. The summed E-state index contributed by atoms with van der Waals surface area (Å²) in [6.07, 6.45) is 3.46. The summed E-state index contributed by atoms with van der Waals surface area (Å²) in [6.45, 7) is 3.96. The summed E-state index contributed by atoms with van der Waals surface area (Å²) in [5.41, 5.74) is 1.30. The number of benzene rings is 1. The molecule has 20 heavy (non-hydrogen) atoms. The zero-order valence-electron chi connectivity index (χ0n) is 12.2. The number of halogens is 1. The van der Waals surface area contributed by atoms with Gasteiger partial charge in [-0.25, -0.2) is 0 Å². The van der Waals surface area contributed by atoms with Crippen molar-refractivity contribution in [2.75, 3.05) is 6.61 Å². The van der Waals surface area contributed by atoms with Crippen molar-refractivity contribution in [1.29, 1.82) is 0 Å². The van der Waals surface area contributed by atoms with Crippen LogP contribution >= 0.6 is 15.9 Å². The van der Waals surface area contributed by atoms with E-state index in [-0.39, 0.29) is 24.5 Å². The molecule has 1 rings (SSSR count). The largest absolute Gasteiger partial charge is 0.396 e. The number of aryl methyl sites for hydroxylation is 1. The van der Waals surface area contributed by atoms with Gasteiger partial charge >= 0.3 is 0 Å². The van der Waals surface area contributed by atoms with E-state index in [9.17, 15) is 4.79 Å². The Balaban J connectivity index is 2.17. The molecule has 0 aromatic heterocycles. The summed E-state index contributed by atoms with van der Waals surface area (Å²) in [5.74, 6) is 0.176. The Morgan fingerprint density at radius 2 is 1.90 bits per heavy atom. The Morgan fingerprint density at radius 1 is 1.25 bits per heavy atom. The minimum absolute atomic E-state index is 0.0268. The summed E-state index contributed by atoms with van der Waals surface area (Å²) in [7, 11) is 0. The van der Waals surface area contributed by atoms with E-state index in [0.717, 1.165) is 23.7 Å². The molecule has 2 N–H and O–H groups in total. The van der Waals surface area contributed by atoms with Gasteiger partial charge in [-0.3, -0.25) is 4.79 Å². The van der Waals surface area contributed by atoms with Gasteiger partial charge in [-0.1, -0.05) is 35.0 Å². The summed E-state index contributed by atoms with van der Waals surface area (Å²) < 4.78 is 1.09. The second kappa shape index (κ2) is 9.14. The molecule has 1 aromatic carbocycles.